The Hall–Kier alpha value is -3.21. The average molecular weight is 333 g/mol. The lowest BCUT2D eigenvalue weighted by Gasteiger charge is -2.10. The standard InChI is InChI=1S/C20H19N3O2/c1-3-4-11-25-16-8-5-7-15(13-16)22-20(24)19-14(2)12-18-17(23-19)9-6-10-21-18/h3,5-10,12-13H,1,4,11H2,2H3,(H,22,24). The Balaban J connectivity index is 1.79. The van der Waals surface area contributed by atoms with Crippen LogP contribution >= 0.6 is 0 Å². The molecule has 2 heterocycles. The van der Waals surface area contributed by atoms with Crippen LogP contribution in [0, 0.1) is 6.92 Å². The maximum atomic E-state index is 12.6. The highest BCUT2D eigenvalue weighted by molar-refractivity contribution is 6.05. The fourth-order valence-electron chi connectivity index (χ4n) is 2.44. The van der Waals surface area contributed by atoms with Crippen LogP contribution in [-0.2, 0) is 0 Å². The van der Waals surface area contributed by atoms with Gasteiger partial charge in [0.05, 0.1) is 17.6 Å². The van der Waals surface area contributed by atoms with Gasteiger partial charge >= 0.3 is 0 Å². The zero-order chi connectivity index (χ0) is 17.6. The number of ether oxygens (including phenoxy) is 1. The SMILES string of the molecule is C=CCCOc1cccc(NC(=O)c2nc3cccnc3cc2C)c1. The number of hydrogen-bond donors (Lipinski definition) is 1. The van der Waals surface area contributed by atoms with Crippen molar-refractivity contribution < 1.29 is 9.53 Å². The summed E-state index contributed by atoms with van der Waals surface area (Å²) in [5.41, 5.74) is 3.29. The van der Waals surface area contributed by atoms with Gasteiger partial charge in [-0.25, -0.2) is 4.98 Å². The summed E-state index contributed by atoms with van der Waals surface area (Å²) in [4.78, 5) is 21.3. The number of benzene rings is 1. The molecule has 0 aliphatic carbocycles. The van der Waals surface area contributed by atoms with Gasteiger partial charge in [0.15, 0.2) is 0 Å². The average Bonchev–Trinajstić information content (AvgIpc) is 2.61. The van der Waals surface area contributed by atoms with Gasteiger partial charge in [0.2, 0.25) is 0 Å². The van der Waals surface area contributed by atoms with Gasteiger partial charge in [0, 0.05) is 18.0 Å². The third-order valence-electron chi connectivity index (χ3n) is 3.67. The van der Waals surface area contributed by atoms with Crippen LogP contribution in [0.4, 0.5) is 5.69 Å². The Morgan fingerprint density at radius 2 is 2.12 bits per heavy atom. The van der Waals surface area contributed by atoms with Crippen molar-refractivity contribution in [3.05, 3.63) is 72.6 Å². The first-order chi connectivity index (χ1) is 12.2. The number of aromatic nitrogens is 2. The normalized spacial score (nSPS) is 10.4. The van der Waals surface area contributed by atoms with Gasteiger partial charge in [0.25, 0.3) is 5.91 Å². The number of amides is 1. The van der Waals surface area contributed by atoms with Crippen molar-refractivity contribution in [2.45, 2.75) is 13.3 Å². The van der Waals surface area contributed by atoms with Gasteiger partial charge in [-0.15, -0.1) is 6.58 Å². The maximum absolute atomic E-state index is 12.6. The Kier molecular flexibility index (Phi) is 5.04. The van der Waals surface area contributed by atoms with Crippen molar-refractivity contribution in [1.82, 2.24) is 9.97 Å². The van der Waals surface area contributed by atoms with E-state index < -0.39 is 0 Å². The minimum Gasteiger partial charge on any atom is -0.493 e. The number of carbonyl (C=O) groups is 1. The first-order valence-electron chi connectivity index (χ1n) is 8.05. The van der Waals surface area contributed by atoms with E-state index in [1.165, 1.54) is 0 Å². The Morgan fingerprint density at radius 1 is 1.24 bits per heavy atom. The summed E-state index contributed by atoms with van der Waals surface area (Å²) in [6.07, 6.45) is 4.28. The number of carbonyl (C=O) groups excluding carboxylic acids is 1. The summed E-state index contributed by atoms with van der Waals surface area (Å²) in [6.45, 7) is 6.07. The molecule has 3 rings (SSSR count). The van der Waals surface area contributed by atoms with Crippen LogP contribution in [0.15, 0.2) is 61.3 Å². The van der Waals surface area contributed by atoms with Crippen LogP contribution in [-0.4, -0.2) is 22.5 Å². The predicted octanol–water partition coefficient (Wildman–Crippen LogP) is 4.15. The molecule has 0 atom stereocenters. The smallest absolute Gasteiger partial charge is 0.274 e. The van der Waals surface area contributed by atoms with Gasteiger partial charge < -0.3 is 10.1 Å². The van der Waals surface area contributed by atoms with E-state index in [4.69, 9.17) is 4.74 Å². The molecule has 0 bridgehead atoms. The molecule has 0 fully saturated rings. The first-order valence-corrected chi connectivity index (χ1v) is 8.05. The quantitative estimate of drug-likeness (QED) is 0.544. The minimum atomic E-state index is -0.258. The predicted molar refractivity (Wildman–Crippen MR) is 99.0 cm³/mol. The summed E-state index contributed by atoms with van der Waals surface area (Å²) in [5, 5.41) is 2.87. The molecule has 1 N–H and O–H groups in total. The van der Waals surface area contributed by atoms with Crippen molar-refractivity contribution in [2.75, 3.05) is 11.9 Å². The third-order valence-corrected chi connectivity index (χ3v) is 3.67. The van der Waals surface area contributed by atoms with E-state index in [-0.39, 0.29) is 5.91 Å². The van der Waals surface area contributed by atoms with Gasteiger partial charge in [-0.3, -0.25) is 9.78 Å². The molecule has 1 aromatic carbocycles. The van der Waals surface area contributed by atoms with Gasteiger partial charge in [0.1, 0.15) is 11.4 Å². The molecular weight excluding hydrogens is 314 g/mol. The number of fused-ring (bicyclic) bond motifs is 1. The maximum Gasteiger partial charge on any atom is 0.274 e. The molecule has 0 aliphatic rings. The summed E-state index contributed by atoms with van der Waals surface area (Å²) in [5.74, 6) is 0.443. The number of nitrogens with zero attached hydrogens (tertiary/aromatic N) is 2. The van der Waals surface area contributed by atoms with Crippen molar-refractivity contribution in [1.29, 1.82) is 0 Å². The second-order valence-corrected chi connectivity index (χ2v) is 5.60. The molecule has 25 heavy (non-hydrogen) atoms. The number of pyridine rings is 2. The van der Waals surface area contributed by atoms with Crippen LogP contribution in [0.1, 0.15) is 22.5 Å². The van der Waals surface area contributed by atoms with Gasteiger partial charge in [-0.2, -0.15) is 0 Å². The van der Waals surface area contributed by atoms with Crippen LogP contribution < -0.4 is 10.1 Å². The molecule has 0 spiro atoms. The van der Waals surface area contributed by atoms with E-state index in [0.717, 1.165) is 17.5 Å². The highest BCUT2D eigenvalue weighted by Crippen LogP contribution is 2.20. The minimum absolute atomic E-state index is 0.258. The number of rotatable bonds is 6. The van der Waals surface area contributed by atoms with Gasteiger partial charge in [-0.1, -0.05) is 12.1 Å². The van der Waals surface area contributed by atoms with E-state index in [1.807, 2.05) is 37.3 Å². The highest BCUT2D eigenvalue weighted by Gasteiger charge is 2.13. The van der Waals surface area contributed by atoms with E-state index >= 15 is 0 Å². The number of hydrogen-bond acceptors (Lipinski definition) is 4. The van der Waals surface area contributed by atoms with Crippen molar-refractivity contribution in [3.8, 4) is 5.75 Å². The van der Waals surface area contributed by atoms with Crippen LogP contribution in [0.25, 0.3) is 11.0 Å². The second kappa shape index (κ2) is 7.57. The number of anilines is 1. The molecule has 126 valence electrons. The lowest BCUT2D eigenvalue weighted by molar-refractivity contribution is 0.102. The molecule has 0 unspecified atom stereocenters. The van der Waals surface area contributed by atoms with E-state index in [9.17, 15) is 4.79 Å². The number of aryl methyl sites for hydroxylation is 1. The fourth-order valence-corrected chi connectivity index (χ4v) is 2.44. The Bertz CT molecular complexity index is 922. The Morgan fingerprint density at radius 3 is 2.96 bits per heavy atom. The molecule has 0 radical (unpaired) electrons. The van der Waals surface area contributed by atoms with E-state index in [0.29, 0.717) is 29.3 Å². The fraction of sp³-hybridized carbons (Fsp3) is 0.150. The molecule has 3 aromatic rings. The molecule has 0 saturated carbocycles. The van der Waals surface area contributed by atoms with Crippen LogP contribution in [0.2, 0.25) is 0 Å². The molecule has 1 amide bonds. The summed E-state index contributed by atoms with van der Waals surface area (Å²) < 4.78 is 5.61. The molecular formula is C20H19N3O2. The lowest BCUT2D eigenvalue weighted by atomic mass is 10.1. The van der Waals surface area contributed by atoms with E-state index in [2.05, 4.69) is 21.9 Å². The molecule has 0 aliphatic heterocycles. The summed E-state index contributed by atoms with van der Waals surface area (Å²) >= 11 is 0. The largest absolute Gasteiger partial charge is 0.493 e. The second-order valence-electron chi connectivity index (χ2n) is 5.60. The van der Waals surface area contributed by atoms with Crippen molar-refractivity contribution in [2.24, 2.45) is 0 Å². The molecule has 2 aromatic heterocycles. The monoisotopic (exact) mass is 333 g/mol. The summed E-state index contributed by atoms with van der Waals surface area (Å²) in [7, 11) is 0. The topological polar surface area (TPSA) is 64.1 Å². The third kappa shape index (κ3) is 4.01. The van der Waals surface area contributed by atoms with Crippen molar-refractivity contribution in [3.63, 3.8) is 0 Å². The van der Waals surface area contributed by atoms with Crippen LogP contribution in [0.3, 0.4) is 0 Å². The number of nitrogens with one attached hydrogen (secondary N) is 1. The molecule has 0 saturated heterocycles. The zero-order valence-corrected chi connectivity index (χ0v) is 14.0. The van der Waals surface area contributed by atoms with Gasteiger partial charge in [-0.05, 0) is 49.2 Å². The first kappa shape index (κ1) is 16.6. The summed E-state index contributed by atoms with van der Waals surface area (Å²) in [6, 6.07) is 12.8. The van der Waals surface area contributed by atoms with E-state index in [1.54, 1.807) is 24.4 Å². The molecule has 5 nitrogen and oxygen atoms in total. The zero-order valence-electron chi connectivity index (χ0n) is 14.0. The molecule has 5 heteroatoms. The highest BCUT2D eigenvalue weighted by atomic mass is 16.5. The lowest BCUT2D eigenvalue weighted by Crippen LogP contribution is -2.15. The van der Waals surface area contributed by atoms with Crippen molar-refractivity contribution >= 4 is 22.6 Å². The Labute approximate surface area is 146 Å². The van der Waals surface area contributed by atoms with Crippen LogP contribution in [0.5, 0.6) is 5.75 Å².